The van der Waals surface area contributed by atoms with Crippen LogP contribution in [0.15, 0.2) is 60.7 Å². The third-order valence-electron chi connectivity index (χ3n) is 6.58. The predicted octanol–water partition coefficient (Wildman–Crippen LogP) is 7.24. The Hall–Kier alpha value is -2.34. The second-order valence-corrected chi connectivity index (χ2v) is 8.21. The maximum absolute atomic E-state index is 2.50. The van der Waals surface area contributed by atoms with Gasteiger partial charge in [-0.3, -0.25) is 0 Å². The first-order valence-corrected chi connectivity index (χ1v) is 10.00. The molecule has 0 saturated carbocycles. The van der Waals surface area contributed by atoms with Crippen LogP contribution in [0.25, 0.3) is 21.9 Å². The molecule has 0 bridgehead atoms. The molecule has 2 aliphatic rings. The molecule has 0 amide bonds. The third-order valence-corrected chi connectivity index (χ3v) is 6.58. The second kappa shape index (κ2) is 5.84. The lowest BCUT2D eigenvalue weighted by atomic mass is 9.70. The van der Waals surface area contributed by atoms with Gasteiger partial charge < -0.3 is 0 Å². The zero-order valence-corrected chi connectivity index (χ0v) is 15.8. The molecule has 3 aromatic rings. The highest BCUT2D eigenvalue weighted by atomic mass is 14.5. The van der Waals surface area contributed by atoms with Crippen molar-refractivity contribution in [2.24, 2.45) is 0 Å². The van der Waals surface area contributed by atoms with E-state index in [-0.39, 0.29) is 5.41 Å². The molecule has 1 spiro atoms. The van der Waals surface area contributed by atoms with Gasteiger partial charge in [0.1, 0.15) is 0 Å². The van der Waals surface area contributed by atoms with Crippen LogP contribution in [-0.4, -0.2) is 0 Å². The van der Waals surface area contributed by atoms with E-state index in [1.807, 2.05) is 0 Å². The van der Waals surface area contributed by atoms with E-state index in [9.17, 15) is 0 Å². The van der Waals surface area contributed by atoms with E-state index in [0.29, 0.717) is 0 Å². The largest absolute Gasteiger partial charge is 0.0885 e. The lowest BCUT2D eigenvalue weighted by Crippen LogP contribution is -2.25. The van der Waals surface area contributed by atoms with Crippen LogP contribution in [0.4, 0.5) is 0 Å². The lowest BCUT2D eigenvalue weighted by molar-refractivity contribution is 0.453. The van der Waals surface area contributed by atoms with Crippen molar-refractivity contribution in [1.29, 1.82) is 0 Å². The van der Waals surface area contributed by atoms with Gasteiger partial charge in [0.05, 0.1) is 0 Å². The van der Waals surface area contributed by atoms with Crippen LogP contribution in [0.2, 0.25) is 0 Å². The Morgan fingerprint density at radius 2 is 1.65 bits per heavy atom. The summed E-state index contributed by atoms with van der Waals surface area (Å²) in [6.45, 7) is 4.52. The summed E-state index contributed by atoms with van der Waals surface area (Å²) in [5.41, 5.74) is 9.04. The Morgan fingerprint density at radius 1 is 0.808 bits per heavy atom. The molecule has 3 aromatic carbocycles. The maximum Gasteiger partial charge on any atom is 0.0250 e. The van der Waals surface area contributed by atoms with E-state index in [0.717, 1.165) is 6.42 Å². The zero-order valence-electron chi connectivity index (χ0n) is 15.8. The fraction of sp³-hybridized carbons (Fsp3) is 0.308. The average molecular weight is 338 g/mol. The SMILES string of the molecule is Cc1ccc2c(c1)C1(CC=CCCCC1)c1cc(C)c3ccccc3c1-2. The zero-order chi connectivity index (χ0) is 17.7. The fourth-order valence-corrected chi connectivity index (χ4v) is 5.32. The summed E-state index contributed by atoms with van der Waals surface area (Å²) < 4.78 is 0. The van der Waals surface area contributed by atoms with Crippen molar-refractivity contribution in [3.63, 3.8) is 0 Å². The normalized spacial score (nSPS) is 21.5. The summed E-state index contributed by atoms with van der Waals surface area (Å²) >= 11 is 0. The van der Waals surface area contributed by atoms with E-state index in [1.54, 1.807) is 11.1 Å². The summed E-state index contributed by atoms with van der Waals surface area (Å²) in [6, 6.07) is 18.6. The highest BCUT2D eigenvalue weighted by molar-refractivity contribution is 6.04. The van der Waals surface area contributed by atoms with Crippen molar-refractivity contribution in [1.82, 2.24) is 0 Å². The Balaban J connectivity index is 1.91. The number of hydrogen-bond acceptors (Lipinski definition) is 0. The molecule has 0 fully saturated rings. The van der Waals surface area contributed by atoms with Crippen molar-refractivity contribution in [3.8, 4) is 11.1 Å². The Kier molecular flexibility index (Phi) is 3.57. The first kappa shape index (κ1) is 15.9. The molecule has 0 aromatic heterocycles. The maximum atomic E-state index is 2.50. The average Bonchev–Trinajstić information content (AvgIpc) is 2.88. The molecule has 0 nitrogen and oxygen atoms in total. The quantitative estimate of drug-likeness (QED) is 0.379. The summed E-state index contributed by atoms with van der Waals surface area (Å²) in [5.74, 6) is 0. The molecule has 0 aliphatic heterocycles. The third kappa shape index (κ3) is 2.14. The molecule has 2 aliphatic carbocycles. The topological polar surface area (TPSA) is 0 Å². The first-order chi connectivity index (χ1) is 12.7. The van der Waals surface area contributed by atoms with Gasteiger partial charge in [0.15, 0.2) is 0 Å². The first-order valence-electron chi connectivity index (χ1n) is 10.00. The molecular formula is C26H26. The van der Waals surface area contributed by atoms with Gasteiger partial charge in [-0.1, -0.05) is 72.7 Å². The molecule has 0 heteroatoms. The second-order valence-electron chi connectivity index (χ2n) is 8.21. The minimum absolute atomic E-state index is 0.155. The molecule has 0 saturated heterocycles. The van der Waals surface area contributed by atoms with Gasteiger partial charge in [0.25, 0.3) is 0 Å². The molecule has 0 heterocycles. The summed E-state index contributed by atoms with van der Waals surface area (Å²) in [7, 11) is 0. The number of benzene rings is 3. The number of fused-ring (bicyclic) bond motifs is 7. The van der Waals surface area contributed by atoms with Crippen LogP contribution in [0.5, 0.6) is 0 Å². The van der Waals surface area contributed by atoms with Crippen LogP contribution >= 0.6 is 0 Å². The number of allylic oxidation sites excluding steroid dienone is 2. The summed E-state index contributed by atoms with van der Waals surface area (Å²) in [4.78, 5) is 0. The van der Waals surface area contributed by atoms with Crippen LogP contribution in [0.3, 0.4) is 0 Å². The van der Waals surface area contributed by atoms with Crippen molar-refractivity contribution in [2.45, 2.75) is 51.4 Å². The number of aryl methyl sites for hydroxylation is 2. The molecule has 1 atom stereocenters. The molecule has 130 valence electrons. The van der Waals surface area contributed by atoms with E-state index in [2.05, 4.69) is 74.5 Å². The van der Waals surface area contributed by atoms with Gasteiger partial charge >= 0.3 is 0 Å². The van der Waals surface area contributed by atoms with E-state index < -0.39 is 0 Å². The highest BCUT2D eigenvalue weighted by Gasteiger charge is 2.43. The Bertz CT molecular complexity index is 1040. The standard InChI is InChI=1S/C26H26/c1-18-12-13-22-23(16-18)26(14-8-4-3-5-9-15-26)24-17-19(2)20-10-6-7-11-21(20)25(22)24/h4,6-8,10-13,16-17H,3,5,9,14-15H2,1-2H3. The van der Waals surface area contributed by atoms with Gasteiger partial charge in [-0.2, -0.15) is 0 Å². The predicted molar refractivity (Wildman–Crippen MR) is 112 cm³/mol. The lowest BCUT2D eigenvalue weighted by Gasteiger charge is -2.33. The van der Waals surface area contributed by atoms with Crippen molar-refractivity contribution in [3.05, 3.63) is 82.9 Å². The van der Waals surface area contributed by atoms with Crippen LogP contribution in [-0.2, 0) is 5.41 Å². The number of rotatable bonds is 0. The van der Waals surface area contributed by atoms with Gasteiger partial charge in [-0.15, -0.1) is 0 Å². The molecule has 5 rings (SSSR count). The molecule has 0 N–H and O–H groups in total. The molecule has 0 radical (unpaired) electrons. The Labute approximate surface area is 156 Å². The van der Waals surface area contributed by atoms with E-state index >= 15 is 0 Å². The van der Waals surface area contributed by atoms with Crippen LogP contribution in [0.1, 0.15) is 54.4 Å². The van der Waals surface area contributed by atoms with Gasteiger partial charge in [0.2, 0.25) is 0 Å². The number of hydrogen-bond donors (Lipinski definition) is 0. The minimum atomic E-state index is 0.155. The van der Waals surface area contributed by atoms with Crippen LogP contribution < -0.4 is 0 Å². The summed E-state index contributed by atoms with van der Waals surface area (Å²) in [6.07, 6.45) is 11.1. The van der Waals surface area contributed by atoms with Crippen molar-refractivity contribution < 1.29 is 0 Å². The van der Waals surface area contributed by atoms with Gasteiger partial charge in [0, 0.05) is 5.41 Å². The highest BCUT2D eigenvalue weighted by Crippen LogP contribution is 2.56. The fourth-order valence-electron chi connectivity index (χ4n) is 5.32. The van der Waals surface area contributed by atoms with Crippen molar-refractivity contribution >= 4 is 10.8 Å². The van der Waals surface area contributed by atoms with Crippen LogP contribution in [0, 0.1) is 13.8 Å². The molecule has 26 heavy (non-hydrogen) atoms. The minimum Gasteiger partial charge on any atom is -0.0885 e. The molecular weight excluding hydrogens is 312 g/mol. The Morgan fingerprint density at radius 3 is 2.54 bits per heavy atom. The van der Waals surface area contributed by atoms with Gasteiger partial charge in [-0.05, 0) is 78.1 Å². The van der Waals surface area contributed by atoms with Crippen molar-refractivity contribution in [2.75, 3.05) is 0 Å². The smallest absolute Gasteiger partial charge is 0.0250 e. The van der Waals surface area contributed by atoms with E-state index in [4.69, 9.17) is 0 Å². The monoisotopic (exact) mass is 338 g/mol. The van der Waals surface area contributed by atoms with Gasteiger partial charge in [-0.25, -0.2) is 0 Å². The summed E-state index contributed by atoms with van der Waals surface area (Å²) in [5, 5.41) is 2.83. The molecule has 1 unspecified atom stereocenters. The van der Waals surface area contributed by atoms with E-state index in [1.165, 1.54) is 58.7 Å².